The van der Waals surface area contributed by atoms with Gasteiger partial charge in [-0.2, -0.15) is 0 Å². The fourth-order valence-electron chi connectivity index (χ4n) is 2.35. The number of hydrogen-bond acceptors (Lipinski definition) is 5. The van der Waals surface area contributed by atoms with E-state index in [1.807, 2.05) is 37.3 Å². The predicted octanol–water partition coefficient (Wildman–Crippen LogP) is 1.97. The van der Waals surface area contributed by atoms with Crippen molar-refractivity contribution in [3.8, 4) is 0 Å². The van der Waals surface area contributed by atoms with Gasteiger partial charge in [-0.05, 0) is 33.3 Å². The van der Waals surface area contributed by atoms with Crippen LogP contribution in [0.15, 0.2) is 36.7 Å². The smallest absolute Gasteiger partial charge is 0.325 e. The Bertz CT molecular complexity index is 809. The Morgan fingerprint density at radius 3 is 2.44 bits per heavy atom. The Morgan fingerprint density at radius 2 is 1.81 bits per heavy atom. The van der Waals surface area contributed by atoms with Crippen molar-refractivity contribution < 1.29 is 19.1 Å². The summed E-state index contributed by atoms with van der Waals surface area (Å²) in [6.07, 6.45) is 1.25. The second kappa shape index (κ2) is 8.48. The number of ether oxygens (including phenoxy) is 1. The molecule has 0 radical (unpaired) electrons. The van der Waals surface area contributed by atoms with E-state index in [1.54, 1.807) is 20.8 Å². The number of hydrogen-bond donors (Lipinski definition) is 3. The molecule has 0 saturated carbocycles. The van der Waals surface area contributed by atoms with Gasteiger partial charge in [0.15, 0.2) is 5.69 Å². The molecule has 1 aromatic heterocycles. The molecule has 0 saturated heterocycles. The molecule has 2 amide bonds. The largest absolute Gasteiger partial charge is 0.459 e. The van der Waals surface area contributed by atoms with Crippen molar-refractivity contribution in [2.24, 2.45) is 0 Å². The lowest BCUT2D eigenvalue weighted by molar-refractivity contribution is -0.153. The number of aromatic amines is 1. The van der Waals surface area contributed by atoms with E-state index in [4.69, 9.17) is 4.74 Å². The summed E-state index contributed by atoms with van der Waals surface area (Å²) in [6, 6.07) is 9.17. The van der Waals surface area contributed by atoms with Crippen LogP contribution in [-0.2, 0) is 9.53 Å². The highest BCUT2D eigenvalue weighted by Crippen LogP contribution is 2.13. The van der Waals surface area contributed by atoms with Gasteiger partial charge in [0.05, 0.1) is 12.4 Å². The van der Waals surface area contributed by atoms with Gasteiger partial charge in [0.1, 0.15) is 17.8 Å². The Labute approximate surface area is 157 Å². The Balaban J connectivity index is 1.99. The zero-order valence-electron chi connectivity index (χ0n) is 15.8. The second-order valence-electron chi connectivity index (χ2n) is 7.00. The molecule has 144 valence electrons. The van der Waals surface area contributed by atoms with Gasteiger partial charge < -0.3 is 20.4 Å². The van der Waals surface area contributed by atoms with Crippen LogP contribution in [0, 0.1) is 0 Å². The number of carbonyl (C=O) groups excluding carboxylic acids is 3. The summed E-state index contributed by atoms with van der Waals surface area (Å²) in [5, 5.41) is 5.22. The zero-order valence-corrected chi connectivity index (χ0v) is 15.8. The number of amides is 2. The highest BCUT2D eigenvalue weighted by molar-refractivity contribution is 6.05. The minimum atomic E-state index is -0.644. The summed E-state index contributed by atoms with van der Waals surface area (Å²) in [5.74, 6) is -1.68. The lowest BCUT2D eigenvalue weighted by Crippen LogP contribution is -2.36. The first-order chi connectivity index (χ1) is 12.7. The van der Waals surface area contributed by atoms with Crippen LogP contribution in [0.2, 0.25) is 0 Å². The van der Waals surface area contributed by atoms with E-state index in [-0.39, 0.29) is 24.0 Å². The number of nitrogens with zero attached hydrogens (tertiary/aromatic N) is 1. The van der Waals surface area contributed by atoms with E-state index in [1.165, 1.54) is 6.33 Å². The second-order valence-corrected chi connectivity index (χ2v) is 7.00. The van der Waals surface area contributed by atoms with Crippen LogP contribution in [0.4, 0.5) is 0 Å². The number of benzene rings is 1. The average Bonchev–Trinajstić information content (AvgIpc) is 3.09. The molecule has 1 aromatic carbocycles. The topological polar surface area (TPSA) is 113 Å². The first-order valence-corrected chi connectivity index (χ1v) is 8.56. The van der Waals surface area contributed by atoms with Crippen molar-refractivity contribution in [2.75, 3.05) is 6.54 Å². The summed E-state index contributed by atoms with van der Waals surface area (Å²) < 4.78 is 5.13. The van der Waals surface area contributed by atoms with Crippen LogP contribution in [0.1, 0.15) is 60.3 Å². The number of H-pyrrole nitrogens is 1. The van der Waals surface area contributed by atoms with Gasteiger partial charge in [0.25, 0.3) is 11.8 Å². The molecule has 0 fully saturated rings. The van der Waals surface area contributed by atoms with E-state index < -0.39 is 23.4 Å². The van der Waals surface area contributed by atoms with Crippen LogP contribution in [-0.4, -0.2) is 39.9 Å². The fraction of sp³-hybridized carbons (Fsp3) is 0.368. The summed E-state index contributed by atoms with van der Waals surface area (Å²) in [4.78, 5) is 43.0. The number of nitrogens with one attached hydrogen (secondary N) is 3. The van der Waals surface area contributed by atoms with Crippen LogP contribution >= 0.6 is 0 Å². The molecule has 2 aromatic rings. The van der Waals surface area contributed by atoms with Gasteiger partial charge in [-0.3, -0.25) is 14.4 Å². The molecule has 8 nitrogen and oxygen atoms in total. The first kappa shape index (κ1) is 20.2. The maximum Gasteiger partial charge on any atom is 0.325 e. The molecule has 0 aliphatic heterocycles. The van der Waals surface area contributed by atoms with E-state index in [2.05, 4.69) is 20.6 Å². The van der Waals surface area contributed by atoms with Gasteiger partial charge in [0, 0.05) is 0 Å². The molecule has 2 rings (SSSR count). The SMILES string of the molecule is C[C@H](NC(=O)c1nc[nH]c1C(=O)NCC(=O)OC(C)(C)C)c1ccccc1. The van der Waals surface area contributed by atoms with Crippen molar-refractivity contribution in [3.63, 3.8) is 0 Å². The summed E-state index contributed by atoms with van der Waals surface area (Å²) in [7, 11) is 0. The van der Waals surface area contributed by atoms with Crippen LogP contribution < -0.4 is 10.6 Å². The summed E-state index contributed by atoms with van der Waals surface area (Å²) in [5.41, 5.74) is 0.224. The number of rotatable bonds is 6. The molecule has 8 heteroatoms. The van der Waals surface area contributed by atoms with Crippen LogP contribution in [0.25, 0.3) is 0 Å². The zero-order chi connectivity index (χ0) is 20.0. The number of esters is 1. The molecule has 0 aliphatic rings. The van der Waals surface area contributed by atoms with Gasteiger partial charge in [-0.25, -0.2) is 4.98 Å². The third-order valence-corrected chi connectivity index (χ3v) is 3.54. The maximum atomic E-state index is 12.5. The highest BCUT2D eigenvalue weighted by atomic mass is 16.6. The molecule has 1 atom stereocenters. The number of carbonyl (C=O) groups is 3. The molecule has 27 heavy (non-hydrogen) atoms. The van der Waals surface area contributed by atoms with Gasteiger partial charge in [0.2, 0.25) is 0 Å². The Hall–Kier alpha value is -3.16. The van der Waals surface area contributed by atoms with Crippen molar-refractivity contribution in [1.29, 1.82) is 0 Å². The van der Waals surface area contributed by atoms with Gasteiger partial charge in [-0.15, -0.1) is 0 Å². The molecule has 1 heterocycles. The van der Waals surface area contributed by atoms with Crippen molar-refractivity contribution in [3.05, 3.63) is 53.6 Å². The lowest BCUT2D eigenvalue weighted by atomic mass is 10.1. The Morgan fingerprint density at radius 1 is 1.15 bits per heavy atom. The highest BCUT2D eigenvalue weighted by Gasteiger charge is 2.23. The predicted molar refractivity (Wildman–Crippen MR) is 99.1 cm³/mol. The number of aromatic nitrogens is 2. The van der Waals surface area contributed by atoms with E-state index >= 15 is 0 Å². The molecule has 3 N–H and O–H groups in total. The third-order valence-electron chi connectivity index (χ3n) is 3.54. The number of imidazole rings is 1. The molecular formula is C19H24N4O4. The maximum absolute atomic E-state index is 12.5. The molecule has 0 spiro atoms. The van der Waals surface area contributed by atoms with Crippen molar-refractivity contribution >= 4 is 17.8 Å². The fourth-order valence-corrected chi connectivity index (χ4v) is 2.35. The quantitative estimate of drug-likeness (QED) is 0.671. The Kier molecular flexibility index (Phi) is 6.33. The molecular weight excluding hydrogens is 348 g/mol. The van der Waals surface area contributed by atoms with E-state index in [9.17, 15) is 14.4 Å². The first-order valence-electron chi connectivity index (χ1n) is 8.56. The monoisotopic (exact) mass is 372 g/mol. The van der Waals surface area contributed by atoms with Gasteiger partial charge >= 0.3 is 5.97 Å². The molecule has 0 aliphatic carbocycles. The van der Waals surface area contributed by atoms with E-state index in [0.29, 0.717) is 0 Å². The average molecular weight is 372 g/mol. The van der Waals surface area contributed by atoms with Crippen LogP contribution in [0.5, 0.6) is 0 Å². The molecule has 0 bridgehead atoms. The van der Waals surface area contributed by atoms with Crippen molar-refractivity contribution in [2.45, 2.75) is 39.3 Å². The standard InChI is InChI=1S/C19H24N4O4/c1-12(13-8-6-5-7-9-13)23-18(26)16-15(21-11-22-16)17(25)20-10-14(24)27-19(2,3)4/h5-9,11-12H,10H2,1-4H3,(H,20,25)(H,21,22)(H,23,26)/t12-/m0/s1. The summed E-state index contributed by atoms with van der Waals surface area (Å²) in [6.45, 7) is 6.73. The minimum Gasteiger partial charge on any atom is -0.459 e. The van der Waals surface area contributed by atoms with Crippen molar-refractivity contribution in [1.82, 2.24) is 20.6 Å². The molecule has 0 unspecified atom stereocenters. The third kappa shape index (κ3) is 5.95. The lowest BCUT2D eigenvalue weighted by Gasteiger charge is -2.19. The minimum absolute atomic E-state index is 0.0173. The van der Waals surface area contributed by atoms with Crippen LogP contribution in [0.3, 0.4) is 0 Å². The normalized spacial score (nSPS) is 12.1. The summed E-state index contributed by atoms with van der Waals surface area (Å²) >= 11 is 0. The van der Waals surface area contributed by atoms with E-state index in [0.717, 1.165) is 5.56 Å². The van der Waals surface area contributed by atoms with Gasteiger partial charge in [-0.1, -0.05) is 30.3 Å².